The van der Waals surface area contributed by atoms with Crippen molar-refractivity contribution in [1.29, 1.82) is 0 Å². The van der Waals surface area contributed by atoms with Gasteiger partial charge in [0.2, 0.25) is 5.91 Å². The molecule has 5 nitrogen and oxygen atoms in total. The van der Waals surface area contributed by atoms with E-state index in [0.29, 0.717) is 22.9 Å². The molecule has 7 heteroatoms. The molecule has 0 fully saturated rings. The molecule has 0 aliphatic carbocycles. The van der Waals surface area contributed by atoms with Crippen LogP contribution in [0.25, 0.3) is 0 Å². The van der Waals surface area contributed by atoms with Gasteiger partial charge in [-0.15, -0.1) is 17.9 Å². The third-order valence-corrected chi connectivity index (χ3v) is 7.02. The monoisotopic (exact) mass is 480 g/mol. The number of hydrogen-bond acceptors (Lipinski definition) is 4. The number of halogens is 1. The number of fused-ring (bicyclic) bond motifs is 1. The fourth-order valence-electron chi connectivity index (χ4n) is 4.21. The molecular formula is C26H25ClN2O3S. The highest BCUT2D eigenvalue weighted by Gasteiger charge is 2.34. The van der Waals surface area contributed by atoms with Gasteiger partial charge < -0.3 is 14.5 Å². The zero-order valence-electron chi connectivity index (χ0n) is 18.4. The Hall–Kier alpha value is -3.09. The zero-order chi connectivity index (χ0) is 23.4. The molecule has 2 amide bonds. The van der Waals surface area contributed by atoms with Gasteiger partial charge in [0.1, 0.15) is 12.3 Å². The average Bonchev–Trinajstić information content (AvgIpc) is 3.32. The lowest BCUT2D eigenvalue weighted by atomic mass is 9.93. The Bertz CT molecular complexity index is 1160. The molecule has 33 heavy (non-hydrogen) atoms. The van der Waals surface area contributed by atoms with E-state index in [9.17, 15) is 9.59 Å². The van der Waals surface area contributed by atoms with Crippen molar-refractivity contribution in [3.05, 3.63) is 99.2 Å². The van der Waals surface area contributed by atoms with Crippen LogP contribution in [0.5, 0.6) is 5.75 Å². The van der Waals surface area contributed by atoms with E-state index >= 15 is 0 Å². The highest BCUT2D eigenvalue weighted by Crippen LogP contribution is 2.38. The largest absolute Gasteiger partial charge is 0.496 e. The minimum atomic E-state index is -0.267. The summed E-state index contributed by atoms with van der Waals surface area (Å²) >= 11 is 7.82. The van der Waals surface area contributed by atoms with E-state index < -0.39 is 0 Å². The molecule has 1 aliphatic heterocycles. The van der Waals surface area contributed by atoms with Crippen LogP contribution >= 0.6 is 22.9 Å². The maximum absolute atomic E-state index is 13.6. The summed E-state index contributed by atoms with van der Waals surface area (Å²) in [6.45, 7) is 4.57. The van der Waals surface area contributed by atoms with E-state index in [1.807, 2.05) is 35.2 Å². The first-order chi connectivity index (χ1) is 16.0. The lowest BCUT2D eigenvalue weighted by Crippen LogP contribution is -2.46. The normalized spacial score (nSPS) is 15.0. The number of para-hydroxylation sites is 1. The van der Waals surface area contributed by atoms with Gasteiger partial charge in [-0.1, -0.05) is 41.9 Å². The molecule has 0 radical (unpaired) electrons. The lowest BCUT2D eigenvalue weighted by molar-refractivity contribution is -0.133. The predicted octanol–water partition coefficient (Wildman–Crippen LogP) is 5.21. The number of hydrogen-bond donors (Lipinski definition) is 0. The van der Waals surface area contributed by atoms with Gasteiger partial charge in [0.05, 0.1) is 18.7 Å². The van der Waals surface area contributed by atoms with Crippen LogP contribution in [0.4, 0.5) is 0 Å². The number of rotatable bonds is 7. The van der Waals surface area contributed by atoms with Crippen LogP contribution in [0.15, 0.2) is 72.6 Å². The summed E-state index contributed by atoms with van der Waals surface area (Å²) < 4.78 is 5.35. The number of carbonyl (C=O) groups excluding carboxylic acids is 2. The first-order valence-electron chi connectivity index (χ1n) is 10.7. The number of carbonyl (C=O) groups is 2. The van der Waals surface area contributed by atoms with Gasteiger partial charge in [0.25, 0.3) is 5.91 Å². The predicted molar refractivity (Wildman–Crippen MR) is 132 cm³/mol. The van der Waals surface area contributed by atoms with Crippen molar-refractivity contribution in [2.45, 2.75) is 12.5 Å². The summed E-state index contributed by atoms with van der Waals surface area (Å²) in [7, 11) is 1.53. The minimum Gasteiger partial charge on any atom is -0.496 e. The van der Waals surface area contributed by atoms with Gasteiger partial charge >= 0.3 is 0 Å². The molecule has 4 rings (SSSR count). The Kier molecular flexibility index (Phi) is 7.16. The smallest absolute Gasteiger partial charge is 0.258 e. The molecule has 170 valence electrons. The summed E-state index contributed by atoms with van der Waals surface area (Å²) in [4.78, 5) is 31.6. The van der Waals surface area contributed by atoms with Crippen LogP contribution < -0.4 is 4.74 Å². The standard InChI is InChI=1S/C26H25ClN2O3S/c1-3-14-28(26(31)20-6-4-5-7-22(20)32-2)17-24(30)29-15-12-23-21(13-16-33-23)25(29)18-8-10-19(27)11-9-18/h3-11,13,16,25H,1,12,14-15,17H2,2H3. The van der Waals surface area contributed by atoms with E-state index in [4.69, 9.17) is 16.3 Å². The third kappa shape index (κ3) is 4.82. The van der Waals surface area contributed by atoms with E-state index in [1.54, 1.807) is 35.6 Å². The number of amides is 2. The van der Waals surface area contributed by atoms with Crippen LogP contribution in [0, 0.1) is 0 Å². The average molecular weight is 481 g/mol. The van der Waals surface area contributed by atoms with Gasteiger partial charge in [-0.2, -0.15) is 0 Å². The number of methoxy groups -OCH3 is 1. The number of nitrogens with zero attached hydrogens (tertiary/aromatic N) is 2. The first kappa shape index (κ1) is 23.1. The molecule has 2 heterocycles. The van der Waals surface area contributed by atoms with E-state index in [0.717, 1.165) is 17.5 Å². The Morgan fingerprint density at radius 3 is 2.70 bits per heavy atom. The maximum atomic E-state index is 13.6. The van der Waals surface area contributed by atoms with Crippen LogP contribution in [0.1, 0.15) is 32.4 Å². The Balaban J connectivity index is 1.62. The molecule has 1 unspecified atom stereocenters. The molecule has 1 atom stereocenters. The van der Waals surface area contributed by atoms with E-state index in [-0.39, 0.29) is 30.9 Å². The van der Waals surface area contributed by atoms with Crippen molar-refractivity contribution in [3.8, 4) is 5.75 Å². The molecule has 3 aromatic rings. The molecule has 1 aliphatic rings. The van der Waals surface area contributed by atoms with Gasteiger partial charge in [-0.3, -0.25) is 9.59 Å². The second kappa shape index (κ2) is 10.2. The summed E-state index contributed by atoms with van der Waals surface area (Å²) in [6.07, 6.45) is 2.43. The van der Waals surface area contributed by atoms with Crippen molar-refractivity contribution in [1.82, 2.24) is 9.80 Å². The topological polar surface area (TPSA) is 49.9 Å². The van der Waals surface area contributed by atoms with E-state index in [2.05, 4.69) is 18.0 Å². The molecule has 0 saturated carbocycles. The SMILES string of the molecule is C=CCN(CC(=O)N1CCc2sccc2C1c1ccc(Cl)cc1)C(=O)c1ccccc1OC. The first-order valence-corrected chi connectivity index (χ1v) is 11.9. The highest BCUT2D eigenvalue weighted by atomic mass is 35.5. The van der Waals surface area contributed by atoms with Crippen molar-refractivity contribution in [3.63, 3.8) is 0 Å². The fraction of sp³-hybridized carbons (Fsp3) is 0.231. The molecule has 0 spiro atoms. The van der Waals surface area contributed by atoms with Gasteiger partial charge in [-0.25, -0.2) is 0 Å². The van der Waals surface area contributed by atoms with Gasteiger partial charge in [0.15, 0.2) is 0 Å². The second-order valence-electron chi connectivity index (χ2n) is 7.76. The Morgan fingerprint density at radius 2 is 1.97 bits per heavy atom. The van der Waals surface area contributed by atoms with Crippen LogP contribution in [-0.2, 0) is 11.2 Å². The summed E-state index contributed by atoms with van der Waals surface area (Å²) in [6, 6.07) is 16.5. The molecule has 0 N–H and O–H groups in total. The molecule has 0 bridgehead atoms. The summed E-state index contributed by atoms with van der Waals surface area (Å²) in [5.41, 5.74) is 2.55. The minimum absolute atomic E-state index is 0.0491. The maximum Gasteiger partial charge on any atom is 0.258 e. The number of thiophene rings is 1. The van der Waals surface area contributed by atoms with Crippen LogP contribution in [0.3, 0.4) is 0 Å². The fourth-order valence-corrected chi connectivity index (χ4v) is 5.24. The van der Waals surface area contributed by atoms with Crippen molar-refractivity contribution in [2.75, 3.05) is 26.7 Å². The zero-order valence-corrected chi connectivity index (χ0v) is 19.9. The summed E-state index contributed by atoms with van der Waals surface area (Å²) in [5.74, 6) is 0.0952. The second-order valence-corrected chi connectivity index (χ2v) is 9.20. The van der Waals surface area contributed by atoms with Crippen LogP contribution in [0.2, 0.25) is 5.02 Å². The molecular weight excluding hydrogens is 456 g/mol. The quantitative estimate of drug-likeness (QED) is 0.436. The van der Waals surface area contributed by atoms with Crippen LogP contribution in [-0.4, -0.2) is 48.4 Å². The highest BCUT2D eigenvalue weighted by molar-refractivity contribution is 7.10. The Labute approximate surface area is 202 Å². The number of benzene rings is 2. The van der Waals surface area contributed by atoms with Gasteiger partial charge in [0, 0.05) is 23.0 Å². The third-order valence-electron chi connectivity index (χ3n) is 5.77. The molecule has 2 aromatic carbocycles. The molecule has 0 saturated heterocycles. The van der Waals surface area contributed by atoms with E-state index in [1.165, 1.54) is 16.9 Å². The van der Waals surface area contributed by atoms with Crippen molar-refractivity contribution >= 4 is 34.8 Å². The van der Waals surface area contributed by atoms with Gasteiger partial charge in [-0.05, 0) is 53.3 Å². The number of ether oxygens (including phenoxy) is 1. The van der Waals surface area contributed by atoms with Crippen molar-refractivity contribution in [2.24, 2.45) is 0 Å². The Morgan fingerprint density at radius 1 is 1.21 bits per heavy atom. The summed E-state index contributed by atoms with van der Waals surface area (Å²) in [5, 5.41) is 2.72. The lowest BCUT2D eigenvalue weighted by Gasteiger charge is -2.37. The van der Waals surface area contributed by atoms with Crippen molar-refractivity contribution < 1.29 is 14.3 Å². The molecule has 1 aromatic heterocycles.